The molecule has 0 spiro atoms. The monoisotopic (exact) mass is 309 g/mol. The van der Waals surface area contributed by atoms with Crippen LogP contribution in [0.1, 0.15) is 25.8 Å². The van der Waals surface area contributed by atoms with Gasteiger partial charge in [0.2, 0.25) is 0 Å². The van der Waals surface area contributed by atoms with Gasteiger partial charge in [-0.2, -0.15) is 0 Å². The summed E-state index contributed by atoms with van der Waals surface area (Å²) in [6.45, 7) is 4.53. The Labute approximate surface area is 129 Å². The van der Waals surface area contributed by atoms with Crippen molar-refractivity contribution in [1.29, 1.82) is 0 Å². The molecule has 1 amide bonds. The molecule has 4 nitrogen and oxygen atoms in total. The number of aliphatic hydroxyl groups excluding tert-OH is 1. The quantitative estimate of drug-likeness (QED) is 0.879. The van der Waals surface area contributed by atoms with Crippen molar-refractivity contribution in [1.82, 2.24) is 5.32 Å². The van der Waals surface area contributed by atoms with E-state index in [1.165, 1.54) is 0 Å². The molecule has 0 radical (unpaired) electrons. The summed E-state index contributed by atoms with van der Waals surface area (Å²) >= 11 is 5.94. The number of rotatable bonds is 5. The summed E-state index contributed by atoms with van der Waals surface area (Å²) < 4.78 is 5.53. The SMILES string of the molecule is CC(C)CC(O)CNC(=O)C1=Cc2cc(Cl)ccc2OC1. The molecule has 5 heteroatoms. The molecular weight excluding hydrogens is 290 g/mol. The second-order valence-electron chi connectivity index (χ2n) is 5.63. The van der Waals surface area contributed by atoms with Gasteiger partial charge < -0.3 is 15.2 Å². The smallest absolute Gasteiger partial charge is 0.250 e. The van der Waals surface area contributed by atoms with E-state index in [0.29, 0.717) is 22.9 Å². The van der Waals surface area contributed by atoms with Crippen molar-refractivity contribution in [2.24, 2.45) is 5.92 Å². The minimum atomic E-state index is -0.527. The van der Waals surface area contributed by atoms with Crippen LogP contribution in [0.25, 0.3) is 6.08 Å². The third-order valence-corrected chi connectivity index (χ3v) is 3.45. The molecular formula is C16H20ClNO3. The van der Waals surface area contributed by atoms with Gasteiger partial charge in [0.25, 0.3) is 5.91 Å². The first-order chi connectivity index (χ1) is 9.95. The van der Waals surface area contributed by atoms with Crippen LogP contribution >= 0.6 is 11.6 Å². The largest absolute Gasteiger partial charge is 0.488 e. The zero-order chi connectivity index (χ0) is 15.4. The Morgan fingerprint density at radius 2 is 2.24 bits per heavy atom. The average Bonchev–Trinajstić information content (AvgIpc) is 2.43. The molecule has 0 bridgehead atoms. The Hall–Kier alpha value is -1.52. The number of nitrogens with one attached hydrogen (secondary N) is 1. The number of carbonyl (C=O) groups is 1. The fourth-order valence-corrected chi connectivity index (χ4v) is 2.41. The molecule has 2 rings (SSSR count). The summed E-state index contributed by atoms with van der Waals surface area (Å²) in [6.07, 6.45) is 1.91. The molecule has 2 N–H and O–H groups in total. The van der Waals surface area contributed by atoms with Crippen LogP contribution in [0, 0.1) is 5.92 Å². The lowest BCUT2D eigenvalue weighted by Gasteiger charge is -2.19. The van der Waals surface area contributed by atoms with Gasteiger partial charge in [0, 0.05) is 17.1 Å². The summed E-state index contributed by atoms with van der Waals surface area (Å²) in [5, 5.41) is 13.1. The lowest BCUT2D eigenvalue weighted by atomic mass is 10.1. The maximum atomic E-state index is 12.1. The molecule has 0 fully saturated rings. The molecule has 0 saturated carbocycles. The van der Waals surface area contributed by atoms with Crippen molar-refractivity contribution in [2.45, 2.75) is 26.4 Å². The second kappa shape index (κ2) is 6.96. The molecule has 1 atom stereocenters. The van der Waals surface area contributed by atoms with Crippen molar-refractivity contribution in [3.8, 4) is 5.75 Å². The minimum absolute atomic E-state index is 0.219. The summed E-state index contributed by atoms with van der Waals surface area (Å²) in [6, 6.07) is 5.30. The zero-order valence-electron chi connectivity index (χ0n) is 12.2. The highest BCUT2D eigenvalue weighted by molar-refractivity contribution is 6.30. The molecule has 114 valence electrons. The van der Waals surface area contributed by atoms with Gasteiger partial charge >= 0.3 is 0 Å². The van der Waals surface area contributed by atoms with E-state index < -0.39 is 6.10 Å². The first-order valence-corrected chi connectivity index (χ1v) is 7.42. The van der Waals surface area contributed by atoms with Crippen LogP contribution in [0.3, 0.4) is 0 Å². The Morgan fingerprint density at radius 3 is 2.95 bits per heavy atom. The third kappa shape index (κ3) is 4.48. The van der Waals surface area contributed by atoms with Crippen LogP contribution in [-0.2, 0) is 4.79 Å². The fourth-order valence-electron chi connectivity index (χ4n) is 2.23. The Balaban J connectivity index is 1.97. The summed E-state index contributed by atoms with van der Waals surface area (Å²) in [5.74, 6) is 0.891. The predicted octanol–water partition coefficient (Wildman–Crippen LogP) is 2.64. The summed E-state index contributed by atoms with van der Waals surface area (Å²) in [5.41, 5.74) is 1.32. The average molecular weight is 310 g/mol. The van der Waals surface area contributed by atoms with Crippen LogP contribution < -0.4 is 10.1 Å². The topological polar surface area (TPSA) is 58.6 Å². The second-order valence-corrected chi connectivity index (χ2v) is 6.07. The predicted molar refractivity (Wildman–Crippen MR) is 83.4 cm³/mol. The van der Waals surface area contributed by atoms with Crippen molar-refractivity contribution >= 4 is 23.6 Å². The summed E-state index contributed by atoms with van der Waals surface area (Å²) in [7, 11) is 0. The van der Waals surface area contributed by atoms with Crippen LogP contribution in [-0.4, -0.2) is 30.3 Å². The Kier molecular flexibility index (Phi) is 5.26. The number of hydrogen-bond donors (Lipinski definition) is 2. The van der Waals surface area contributed by atoms with Crippen molar-refractivity contribution < 1.29 is 14.6 Å². The van der Waals surface area contributed by atoms with Gasteiger partial charge in [-0.15, -0.1) is 0 Å². The van der Waals surface area contributed by atoms with E-state index in [1.54, 1.807) is 24.3 Å². The van der Waals surface area contributed by atoms with Gasteiger partial charge in [-0.05, 0) is 36.6 Å². The van der Waals surface area contributed by atoms with Crippen LogP contribution in [0.4, 0.5) is 0 Å². The number of hydrogen-bond acceptors (Lipinski definition) is 3. The third-order valence-electron chi connectivity index (χ3n) is 3.22. The molecule has 21 heavy (non-hydrogen) atoms. The molecule has 0 aromatic heterocycles. The number of fused-ring (bicyclic) bond motifs is 1. The van der Waals surface area contributed by atoms with Gasteiger partial charge in [0.1, 0.15) is 12.4 Å². The van der Waals surface area contributed by atoms with Gasteiger partial charge in [0.15, 0.2) is 0 Å². The first kappa shape index (κ1) is 15.9. The van der Waals surface area contributed by atoms with E-state index in [0.717, 1.165) is 11.3 Å². The van der Waals surface area contributed by atoms with E-state index >= 15 is 0 Å². The van der Waals surface area contributed by atoms with Gasteiger partial charge in [-0.25, -0.2) is 0 Å². The normalized spacial score (nSPS) is 15.0. The molecule has 1 aromatic rings. The molecule has 1 unspecified atom stereocenters. The molecule has 0 saturated heterocycles. The number of benzene rings is 1. The molecule has 1 aromatic carbocycles. The standard InChI is InChI=1S/C16H20ClNO3/c1-10(2)5-14(19)8-18-16(20)12-6-11-7-13(17)3-4-15(11)21-9-12/h3-4,6-7,10,14,19H,5,8-9H2,1-2H3,(H,18,20). The Bertz CT molecular complexity index is 554. The van der Waals surface area contributed by atoms with E-state index in [1.807, 2.05) is 13.8 Å². The van der Waals surface area contributed by atoms with Gasteiger partial charge in [-0.1, -0.05) is 25.4 Å². The number of halogens is 1. The van der Waals surface area contributed by atoms with Crippen LogP contribution in [0.5, 0.6) is 5.75 Å². The summed E-state index contributed by atoms with van der Waals surface area (Å²) in [4.78, 5) is 12.1. The highest BCUT2D eigenvalue weighted by atomic mass is 35.5. The lowest BCUT2D eigenvalue weighted by Crippen LogP contribution is -2.35. The van der Waals surface area contributed by atoms with Crippen molar-refractivity contribution in [3.63, 3.8) is 0 Å². The van der Waals surface area contributed by atoms with Gasteiger partial charge in [-0.3, -0.25) is 4.79 Å². The lowest BCUT2D eigenvalue weighted by molar-refractivity contribution is -0.118. The molecule has 0 aliphatic carbocycles. The molecule has 1 heterocycles. The first-order valence-electron chi connectivity index (χ1n) is 7.05. The van der Waals surface area contributed by atoms with Crippen LogP contribution in [0.2, 0.25) is 5.02 Å². The minimum Gasteiger partial charge on any atom is -0.488 e. The number of carbonyl (C=O) groups excluding carboxylic acids is 1. The molecule has 1 aliphatic rings. The highest BCUT2D eigenvalue weighted by Crippen LogP contribution is 2.28. The maximum Gasteiger partial charge on any atom is 0.250 e. The van der Waals surface area contributed by atoms with E-state index in [2.05, 4.69) is 5.32 Å². The Morgan fingerprint density at radius 1 is 1.48 bits per heavy atom. The zero-order valence-corrected chi connectivity index (χ0v) is 13.0. The highest BCUT2D eigenvalue weighted by Gasteiger charge is 2.18. The molecule has 1 aliphatic heterocycles. The van der Waals surface area contributed by atoms with E-state index in [-0.39, 0.29) is 19.1 Å². The maximum absolute atomic E-state index is 12.1. The van der Waals surface area contributed by atoms with Crippen molar-refractivity contribution in [3.05, 3.63) is 34.4 Å². The number of amides is 1. The van der Waals surface area contributed by atoms with Gasteiger partial charge in [0.05, 0.1) is 11.7 Å². The fraction of sp³-hybridized carbons (Fsp3) is 0.438. The number of aliphatic hydroxyl groups is 1. The van der Waals surface area contributed by atoms with E-state index in [4.69, 9.17) is 16.3 Å². The van der Waals surface area contributed by atoms with E-state index in [9.17, 15) is 9.90 Å². The van der Waals surface area contributed by atoms with Crippen LogP contribution in [0.15, 0.2) is 23.8 Å². The number of ether oxygens (including phenoxy) is 1. The van der Waals surface area contributed by atoms with Crippen molar-refractivity contribution in [2.75, 3.05) is 13.2 Å².